The van der Waals surface area contributed by atoms with E-state index in [1.807, 2.05) is 18.2 Å². The summed E-state index contributed by atoms with van der Waals surface area (Å²) >= 11 is 5.89. The number of hydrazone groups is 1. The molecule has 0 bridgehead atoms. The zero-order chi connectivity index (χ0) is 21.0. The molecule has 0 saturated carbocycles. The maximum absolute atomic E-state index is 13.7. The van der Waals surface area contributed by atoms with Crippen LogP contribution in [0.2, 0.25) is 5.02 Å². The van der Waals surface area contributed by atoms with Crippen molar-refractivity contribution in [2.24, 2.45) is 5.10 Å². The molecule has 1 amide bonds. The van der Waals surface area contributed by atoms with Gasteiger partial charge in [0.1, 0.15) is 12.4 Å². The van der Waals surface area contributed by atoms with Crippen LogP contribution in [0, 0.1) is 5.82 Å². The van der Waals surface area contributed by atoms with Gasteiger partial charge in [-0.25, -0.2) is 18.2 Å². The molecule has 0 atom stereocenters. The van der Waals surface area contributed by atoms with E-state index < -0.39 is 28.3 Å². The lowest BCUT2D eigenvalue weighted by atomic mass is 10.1. The fourth-order valence-corrected chi connectivity index (χ4v) is 3.86. The molecule has 0 unspecified atom stereocenters. The highest BCUT2D eigenvalue weighted by Gasteiger charge is 2.22. The van der Waals surface area contributed by atoms with Crippen LogP contribution < -0.4 is 9.73 Å². The van der Waals surface area contributed by atoms with Gasteiger partial charge in [0.2, 0.25) is 10.0 Å². The predicted octanol–water partition coefficient (Wildman–Crippen LogP) is 3.55. The fourth-order valence-electron chi connectivity index (χ4n) is 2.78. The van der Waals surface area contributed by atoms with Crippen molar-refractivity contribution in [2.75, 3.05) is 17.1 Å². The molecule has 6 nitrogen and oxygen atoms in total. The zero-order valence-electron chi connectivity index (χ0n) is 15.3. The predicted molar refractivity (Wildman–Crippen MR) is 113 cm³/mol. The summed E-state index contributed by atoms with van der Waals surface area (Å²) in [5.41, 5.74) is 2.60. The number of anilines is 1. The van der Waals surface area contributed by atoms with Crippen LogP contribution in [0.25, 0.3) is 10.8 Å². The van der Waals surface area contributed by atoms with E-state index in [2.05, 4.69) is 10.5 Å². The smallest absolute Gasteiger partial charge is 0.260 e. The van der Waals surface area contributed by atoms with Gasteiger partial charge in [0.25, 0.3) is 5.91 Å². The second-order valence-electron chi connectivity index (χ2n) is 6.20. The Morgan fingerprint density at radius 3 is 2.55 bits per heavy atom. The van der Waals surface area contributed by atoms with Gasteiger partial charge in [-0.2, -0.15) is 5.10 Å². The largest absolute Gasteiger partial charge is 0.271 e. The lowest BCUT2D eigenvalue weighted by molar-refractivity contribution is -0.119. The van der Waals surface area contributed by atoms with E-state index in [1.165, 1.54) is 18.2 Å². The van der Waals surface area contributed by atoms with Crippen molar-refractivity contribution in [1.29, 1.82) is 0 Å². The van der Waals surface area contributed by atoms with Crippen LogP contribution in [0.4, 0.5) is 10.1 Å². The molecule has 9 heteroatoms. The number of halogens is 2. The van der Waals surface area contributed by atoms with Crippen molar-refractivity contribution >= 4 is 50.2 Å². The first kappa shape index (κ1) is 20.8. The summed E-state index contributed by atoms with van der Waals surface area (Å²) in [6.45, 7) is -0.491. The second kappa shape index (κ2) is 8.59. The Labute approximate surface area is 172 Å². The molecule has 0 aromatic heterocycles. The highest BCUT2D eigenvalue weighted by Crippen LogP contribution is 2.28. The first-order chi connectivity index (χ1) is 13.8. The minimum absolute atomic E-state index is 0.0171. The van der Waals surface area contributed by atoms with E-state index in [9.17, 15) is 17.6 Å². The Hall–Kier alpha value is -2.97. The molecule has 29 heavy (non-hydrogen) atoms. The molecule has 0 fully saturated rings. The Morgan fingerprint density at radius 2 is 1.83 bits per heavy atom. The Morgan fingerprint density at radius 1 is 1.14 bits per heavy atom. The molecule has 0 aliphatic carbocycles. The number of carbonyl (C=O) groups excluding carboxylic acids is 1. The van der Waals surface area contributed by atoms with E-state index in [0.717, 1.165) is 22.2 Å². The number of nitrogens with one attached hydrogen (secondary N) is 1. The number of benzene rings is 3. The van der Waals surface area contributed by atoms with Crippen LogP contribution in [0.1, 0.15) is 5.56 Å². The quantitative estimate of drug-likeness (QED) is 0.477. The van der Waals surface area contributed by atoms with Gasteiger partial charge in [-0.15, -0.1) is 0 Å². The molecular formula is C20H17ClFN3O3S. The average Bonchev–Trinajstić information content (AvgIpc) is 2.67. The summed E-state index contributed by atoms with van der Waals surface area (Å²) in [4.78, 5) is 12.3. The SMILES string of the molecule is CS(=O)(=O)N(CC(=O)N/N=C\c1c(F)cccc1Cl)c1cccc2ccccc12. The van der Waals surface area contributed by atoms with Crippen LogP contribution in [-0.2, 0) is 14.8 Å². The molecule has 150 valence electrons. The number of hydrogen-bond donors (Lipinski definition) is 1. The summed E-state index contributed by atoms with van der Waals surface area (Å²) in [6, 6.07) is 16.6. The van der Waals surface area contributed by atoms with Crippen molar-refractivity contribution in [2.45, 2.75) is 0 Å². The van der Waals surface area contributed by atoms with Gasteiger partial charge in [0.15, 0.2) is 0 Å². The minimum atomic E-state index is -3.76. The molecule has 3 rings (SSSR count). The van der Waals surface area contributed by atoms with E-state index in [1.54, 1.807) is 24.3 Å². The molecule has 0 saturated heterocycles. The normalized spacial score (nSPS) is 11.7. The van der Waals surface area contributed by atoms with Crippen LogP contribution in [0.5, 0.6) is 0 Å². The number of fused-ring (bicyclic) bond motifs is 1. The zero-order valence-corrected chi connectivity index (χ0v) is 16.9. The second-order valence-corrected chi connectivity index (χ2v) is 8.51. The number of hydrogen-bond acceptors (Lipinski definition) is 4. The minimum Gasteiger partial charge on any atom is -0.271 e. The lowest BCUT2D eigenvalue weighted by Gasteiger charge is -2.23. The summed E-state index contributed by atoms with van der Waals surface area (Å²) in [5, 5.41) is 5.35. The van der Waals surface area contributed by atoms with Crippen LogP contribution in [0.3, 0.4) is 0 Å². The van der Waals surface area contributed by atoms with Crippen molar-refractivity contribution in [1.82, 2.24) is 5.43 Å². The summed E-state index contributed by atoms with van der Waals surface area (Å²) in [7, 11) is -3.76. The first-order valence-corrected chi connectivity index (χ1v) is 10.7. The molecule has 3 aromatic rings. The molecule has 0 radical (unpaired) electrons. The van der Waals surface area contributed by atoms with E-state index in [-0.39, 0.29) is 10.6 Å². The van der Waals surface area contributed by atoms with Gasteiger partial charge in [-0.05, 0) is 23.6 Å². The average molecular weight is 434 g/mol. The van der Waals surface area contributed by atoms with Gasteiger partial charge in [0.05, 0.1) is 23.2 Å². The number of nitrogens with zero attached hydrogens (tertiary/aromatic N) is 2. The molecule has 0 aliphatic heterocycles. The molecular weight excluding hydrogens is 417 g/mol. The van der Waals surface area contributed by atoms with Gasteiger partial charge in [0, 0.05) is 10.9 Å². The molecule has 1 N–H and O–H groups in total. The Bertz CT molecular complexity index is 1170. The fraction of sp³-hybridized carbons (Fsp3) is 0.100. The van der Waals surface area contributed by atoms with Crippen molar-refractivity contribution in [3.8, 4) is 0 Å². The molecule has 0 spiro atoms. The maximum atomic E-state index is 13.7. The van der Waals surface area contributed by atoms with E-state index >= 15 is 0 Å². The Balaban J connectivity index is 1.83. The standard InChI is InChI=1S/C20H17ClFN3O3S/c1-29(27,28)25(19-11-4-7-14-6-2-3-8-15(14)19)13-20(26)24-23-12-16-17(21)9-5-10-18(16)22/h2-12H,13H2,1H3,(H,24,26)/b23-12-. The van der Waals surface area contributed by atoms with Gasteiger partial charge >= 0.3 is 0 Å². The van der Waals surface area contributed by atoms with Gasteiger partial charge in [-0.3, -0.25) is 9.10 Å². The van der Waals surface area contributed by atoms with Crippen molar-refractivity contribution < 1.29 is 17.6 Å². The maximum Gasteiger partial charge on any atom is 0.260 e. The third kappa shape index (κ3) is 4.90. The molecule has 3 aromatic carbocycles. The van der Waals surface area contributed by atoms with Crippen molar-refractivity contribution in [3.63, 3.8) is 0 Å². The summed E-state index contributed by atoms with van der Waals surface area (Å²) in [6.07, 6.45) is 2.09. The number of carbonyl (C=O) groups is 1. The van der Waals surface area contributed by atoms with E-state index in [4.69, 9.17) is 11.6 Å². The number of sulfonamides is 1. The highest BCUT2D eigenvalue weighted by atomic mass is 35.5. The van der Waals surface area contributed by atoms with Crippen LogP contribution in [-0.4, -0.2) is 33.3 Å². The lowest BCUT2D eigenvalue weighted by Crippen LogP contribution is -2.39. The Kier molecular flexibility index (Phi) is 6.14. The molecule has 0 aliphatic rings. The summed E-state index contributed by atoms with van der Waals surface area (Å²) < 4.78 is 39.4. The number of amides is 1. The van der Waals surface area contributed by atoms with Gasteiger partial charge < -0.3 is 0 Å². The third-order valence-electron chi connectivity index (χ3n) is 4.11. The highest BCUT2D eigenvalue weighted by molar-refractivity contribution is 7.92. The van der Waals surface area contributed by atoms with Crippen LogP contribution in [0.15, 0.2) is 65.8 Å². The van der Waals surface area contributed by atoms with E-state index in [0.29, 0.717) is 11.1 Å². The summed E-state index contributed by atoms with van der Waals surface area (Å²) in [5.74, 6) is -1.28. The first-order valence-electron chi connectivity index (χ1n) is 8.49. The third-order valence-corrected chi connectivity index (χ3v) is 5.56. The number of rotatable bonds is 6. The molecule has 0 heterocycles. The monoisotopic (exact) mass is 433 g/mol. The van der Waals surface area contributed by atoms with Crippen LogP contribution >= 0.6 is 11.6 Å². The van der Waals surface area contributed by atoms with Crippen molar-refractivity contribution in [3.05, 3.63) is 77.1 Å². The van der Waals surface area contributed by atoms with Gasteiger partial charge in [-0.1, -0.05) is 54.1 Å². The topological polar surface area (TPSA) is 78.8 Å².